The molecule has 6 nitrogen and oxygen atoms in total. The van der Waals surface area contributed by atoms with Crippen LogP contribution in [0.25, 0.3) is 44.5 Å². The summed E-state index contributed by atoms with van der Waals surface area (Å²) in [6.07, 6.45) is 25.7. The van der Waals surface area contributed by atoms with Gasteiger partial charge in [0.05, 0.1) is 12.2 Å². The molecule has 4 aliphatic carbocycles. The van der Waals surface area contributed by atoms with Crippen LogP contribution in [0.2, 0.25) is 0 Å². The number of hydrogen-bond acceptors (Lipinski definition) is 4. The van der Waals surface area contributed by atoms with E-state index in [9.17, 15) is 9.59 Å². The fraction of sp³-hybridized carbons (Fsp3) is 0.382. The summed E-state index contributed by atoms with van der Waals surface area (Å²) in [5.41, 5.74) is 18.2. The van der Waals surface area contributed by atoms with E-state index in [0.717, 1.165) is 73.6 Å². The van der Waals surface area contributed by atoms with Gasteiger partial charge in [-0.15, -0.1) is 0 Å². The molecule has 0 aliphatic heterocycles. The molecule has 61 heavy (non-hydrogen) atoms. The molecule has 0 amide bonds. The molecule has 0 unspecified atom stereocenters. The first-order valence-electron chi connectivity index (χ1n) is 23.2. The number of H-pyrrole nitrogens is 2. The van der Waals surface area contributed by atoms with Gasteiger partial charge in [-0.25, -0.2) is 0 Å². The second kappa shape index (κ2) is 17.0. The van der Waals surface area contributed by atoms with Gasteiger partial charge in [0.15, 0.2) is 10.9 Å². The Labute approximate surface area is 359 Å². The van der Waals surface area contributed by atoms with E-state index in [1.165, 1.54) is 107 Å². The average Bonchev–Trinajstić information content (AvgIpc) is 3.28. The summed E-state index contributed by atoms with van der Waals surface area (Å²) in [6.45, 7) is 4.11. The summed E-state index contributed by atoms with van der Waals surface area (Å²) in [5, 5.41) is 0. The summed E-state index contributed by atoms with van der Waals surface area (Å²) in [4.78, 5) is 36.0. The Kier molecular flexibility index (Phi) is 11.0. The molecule has 2 N–H and O–H groups in total. The van der Waals surface area contributed by atoms with Crippen LogP contribution >= 0.6 is 0 Å². The Balaban J connectivity index is 0.906. The quantitative estimate of drug-likeness (QED) is 0.144. The van der Waals surface area contributed by atoms with Crippen molar-refractivity contribution >= 4 is 0 Å². The molecule has 0 fully saturated rings. The van der Waals surface area contributed by atoms with Crippen LogP contribution in [0.3, 0.4) is 0 Å². The minimum atomic E-state index is -0.221. The molecule has 0 spiro atoms. The first-order chi connectivity index (χ1) is 29.9. The number of ether oxygens (including phenoxy) is 2. The third-order valence-corrected chi connectivity index (χ3v) is 14.0. The van der Waals surface area contributed by atoms with Crippen LogP contribution < -0.4 is 20.3 Å². The van der Waals surface area contributed by atoms with Crippen LogP contribution in [0.4, 0.5) is 0 Å². The normalized spacial score (nSPS) is 16.7. The number of fused-ring (bicyclic) bond motifs is 4. The Hall–Kier alpha value is -5.62. The molecule has 0 saturated heterocycles. The fourth-order valence-corrected chi connectivity index (χ4v) is 11.3. The van der Waals surface area contributed by atoms with Crippen molar-refractivity contribution in [2.45, 2.75) is 135 Å². The summed E-state index contributed by atoms with van der Waals surface area (Å²) < 4.78 is 13.4. The third kappa shape index (κ3) is 7.57. The highest BCUT2D eigenvalue weighted by Gasteiger charge is 2.28. The average molecular weight is 811 g/mol. The molecule has 2 aromatic heterocycles. The molecule has 0 saturated carbocycles. The molecule has 2 heterocycles. The molecular formula is C55H58N2O4. The minimum absolute atomic E-state index is 0.0496. The highest BCUT2D eigenvalue weighted by Crippen LogP contribution is 2.42. The predicted molar refractivity (Wildman–Crippen MR) is 247 cm³/mol. The largest absolute Gasteiger partial charge is 0.490 e. The van der Waals surface area contributed by atoms with Gasteiger partial charge in [-0.3, -0.25) is 9.59 Å². The van der Waals surface area contributed by atoms with Crippen molar-refractivity contribution in [3.8, 4) is 56.0 Å². The van der Waals surface area contributed by atoms with Gasteiger partial charge in [-0.2, -0.15) is 0 Å². The van der Waals surface area contributed by atoms with Gasteiger partial charge in [0.1, 0.15) is 11.5 Å². The summed E-state index contributed by atoms with van der Waals surface area (Å²) in [7, 11) is 0. The van der Waals surface area contributed by atoms with Gasteiger partial charge in [-0.1, -0.05) is 48.5 Å². The van der Waals surface area contributed by atoms with Gasteiger partial charge < -0.3 is 19.4 Å². The number of nitrogens with one attached hydrogen (secondary N) is 2. The van der Waals surface area contributed by atoms with Crippen LogP contribution in [0.1, 0.15) is 116 Å². The van der Waals surface area contributed by atoms with Crippen LogP contribution in [0.15, 0.2) is 95.0 Å². The third-order valence-electron chi connectivity index (χ3n) is 14.0. The van der Waals surface area contributed by atoms with Crippen molar-refractivity contribution < 1.29 is 9.47 Å². The number of benzene rings is 4. The van der Waals surface area contributed by atoms with Crippen molar-refractivity contribution in [1.29, 1.82) is 0 Å². The molecule has 0 bridgehead atoms. The smallest absolute Gasteiger partial charge is 0.197 e. The minimum Gasteiger partial charge on any atom is -0.490 e. The number of hydrogen-bond donors (Lipinski definition) is 2. The zero-order chi connectivity index (χ0) is 41.5. The highest BCUT2D eigenvalue weighted by molar-refractivity contribution is 5.81. The molecule has 312 valence electrons. The number of pyridine rings is 2. The maximum atomic E-state index is 14.6. The Morgan fingerprint density at radius 1 is 0.443 bits per heavy atom. The van der Waals surface area contributed by atoms with Gasteiger partial charge in [-0.05, 0) is 184 Å². The lowest BCUT2D eigenvalue weighted by Gasteiger charge is -2.27. The molecule has 2 atom stereocenters. The SMILES string of the molecule is C[C@@H](C[C@H](C)Oc1ccccc1-c1c[nH]cc(-c2c3c(cc4c2CCCC4)CCCC3)c1=O)Oc1ccccc1-c1c[nH]cc(-c2c3c(cc4c2CCCC4)CCCC3)c1=O. The highest BCUT2D eigenvalue weighted by atomic mass is 16.5. The zero-order valence-electron chi connectivity index (χ0n) is 35.9. The standard InChI is InChI=1S/C55H58N2O4/c1-34(60-50-25-13-11-23-44(50)46-30-56-32-48(54(46)58)52-40-19-7-3-15-36(40)28-37-16-4-8-20-41(37)52)27-35(2)61-51-26-14-12-24-45(51)47-31-57-33-49(55(47)59)53-42-21-9-5-17-38(42)29-39-18-6-10-22-43(39)53/h11-14,23-26,28-35H,3-10,15-22,27H2,1-2H3,(H,56,58)(H,57,59)/t34-,35-/m0/s1. The lowest BCUT2D eigenvalue weighted by atomic mass is 9.77. The van der Waals surface area contributed by atoms with Gasteiger partial charge in [0.2, 0.25) is 0 Å². The fourth-order valence-electron chi connectivity index (χ4n) is 11.3. The van der Waals surface area contributed by atoms with E-state index in [0.29, 0.717) is 29.0 Å². The van der Waals surface area contributed by atoms with Crippen LogP contribution in [0.5, 0.6) is 11.5 Å². The van der Waals surface area contributed by atoms with Gasteiger partial charge in [0.25, 0.3) is 0 Å². The van der Waals surface area contributed by atoms with E-state index >= 15 is 0 Å². The lowest BCUT2D eigenvalue weighted by molar-refractivity contribution is 0.131. The van der Waals surface area contributed by atoms with Gasteiger partial charge in [0, 0.05) is 64.6 Å². The second-order valence-corrected chi connectivity index (χ2v) is 18.2. The maximum absolute atomic E-state index is 14.6. The molecule has 6 aromatic rings. The van der Waals surface area contributed by atoms with Crippen LogP contribution in [0, 0.1) is 0 Å². The Bertz CT molecular complexity index is 2480. The van der Waals surface area contributed by atoms with Crippen molar-refractivity contribution in [3.05, 3.63) is 150 Å². The van der Waals surface area contributed by atoms with Crippen molar-refractivity contribution in [2.24, 2.45) is 0 Å². The van der Waals surface area contributed by atoms with E-state index in [-0.39, 0.29) is 23.1 Å². The molecule has 4 aromatic carbocycles. The molecule has 6 heteroatoms. The van der Waals surface area contributed by atoms with Crippen molar-refractivity contribution in [1.82, 2.24) is 9.97 Å². The predicted octanol–water partition coefficient (Wildman–Crippen LogP) is 11.9. The van der Waals surface area contributed by atoms with Crippen molar-refractivity contribution in [3.63, 3.8) is 0 Å². The zero-order valence-corrected chi connectivity index (χ0v) is 35.9. The van der Waals surface area contributed by atoms with Crippen molar-refractivity contribution in [2.75, 3.05) is 0 Å². The van der Waals surface area contributed by atoms with E-state index in [1.807, 2.05) is 73.3 Å². The number of rotatable bonds is 10. The number of aryl methyl sites for hydroxylation is 4. The van der Waals surface area contributed by atoms with Crippen LogP contribution in [-0.2, 0) is 51.4 Å². The number of aromatic nitrogens is 2. The first-order valence-corrected chi connectivity index (χ1v) is 23.2. The maximum Gasteiger partial charge on any atom is 0.197 e. The van der Waals surface area contributed by atoms with Gasteiger partial charge >= 0.3 is 0 Å². The first kappa shape index (κ1) is 39.5. The molecule has 4 aliphatic rings. The van der Waals surface area contributed by atoms with E-state index in [4.69, 9.17) is 9.47 Å². The number of para-hydroxylation sites is 2. The molecular weight excluding hydrogens is 753 g/mol. The van der Waals surface area contributed by atoms with E-state index < -0.39 is 0 Å². The molecule has 0 radical (unpaired) electrons. The van der Waals surface area contributed by atoms with E-state index in [2.05, 4.69) is 35.9 Å². The summed E-state index contributed by atoms with van der Waals surface area (Å²) in [6, 6.07) is 20.7. The Morgan fingerprint density at radius 2 is 0.770 bits per heavy atom. The topological polar surface area (TPSA) is 84.2 Å². The second-order valence-electron chi connectivity index (χ2n) is 18.2. The Morgan fingerprint density at radius 3 is 1.15 bits per heavy atom. The summed E-state index contributed by atoms with van der Waals surface area (Å²) >= 11 is 0. The lowest BCUT2D eigenvalue weighted by Crippen LogP contribution is -2.23. The monoisotopic (exact) mass is 810 g/mol. The molecule has 10 rings (SSSR count). The van der Waals surface area contributed by atoms with E-state index in [1.54, 1.807) is 0 Å². The summed E-state index contributed by atoms with van der Waals surface area (Å²) in [5.74, 6) is 1.35. The van der Waals surface area contributed by atoms with Crippen LogP contribution in [-0.4, -0.2) is 22.2 Å². The number of aromatic amines is 2.